The standard InChI is InChI=1S/C13H23N3O/c1-5-13(4,6-7-17)16-12-8-11(10(2)3)14-9-15-12/h8-10,17H,5-7H2,1-4H3,(H,14,15,16). The molecule has 0 aliphatic heterocycles. The molecule has 17 heavy (non-hydrogen) atoms. The summed E-state index contributed by atoms with van der Waals surface area (Å²) in [5.41, 5.74) is 0.919. The van der Waals surface area contributed by atoms with Crippen LogP contribution in [-0.4, -0.2) is 27.2 Å². The summed E-state index contributed by atoms with van der Waals surface area (Å²) in [7, 11) is 0. The molecule has 1 unspecified atom stereocenters. The number of hydrogen-bond donors (Lipinski definition) is 2. The van der Waals surface area contributed by atoms with Gasteiger partial charge in [-0.15, -0.1) is 0 Å². The van der Waals surface area contributed by atoms with Crippen LogP contribution < -0.4 is 5.32 Å². The van der Waals surface area contributed by atoms with Gasteiger partial charge in [0, 0.05) is 23.9 Å². The number of aliphatic hydroxyl groups excluding tert-OH is 1. The number of anilines is 1. The minimum Gasteiger partial charge on any atom is -0.396 e. The van der Waals surface area contributed by atoms with E-state index in [0.717, 1.165) is 17.9 Å². The quantitative estimate of drug-likeness (QED) is 0.798. The zero-order valence-electron chi connectivity index (χ0n) is 11.2. The molecule has 4 heteroatoms. The summed E-state index contributed by atoms with van der Waals surface area (Å²) in [6.07, 6.45) is 3.24. The van der Waals surface area contributed by atoms with Gasteiger partial charge in [0.2, 0.25) is 0 Å². The largest absolute Gasteiger partial charge is 0.396 e. The summed E-state index contributed by atoms with van der Waals surface area (Å²) < 4.78 is 0. The van der Waals surface area contributed by atoms with Gasteiger partial charge in [-0.05, 0) is 25.7 Å². The van der Waals surface area contributed by atoms with Crippen LogP contribution in [0.5, 0.6) is 0 Å². The predicted octanol–water partition coefficient (Wildman–Crippen LogP) is 2.56. The number of hydrogen-bond acceptors (Lipinski definition) is 4. The Bertz CT molecular complexity index is 354. The molecule has 0 bridgehead atoms. The van der Waals surface area contributed by atoms with E-state index in [4.69, 9.17) is 5.11 Å². The second-order valence-corrected chi connectivity index (χ2v) is 5.00. The molecule has 0 aliphatic rings. The van der Waals surface area contributed by atoms with Crippen LogP contribution >= 0.6 is 0 Å². The molecule has 1 heterocycles. The van der Waals surface area contributed by atoms with Crippen LogP contribution in [0.3, 0.4) is 0 Å². The fourth-order valence-corrected chi connectivity index (χ4v) is 1.64. The van der Waals surface area contributed by atoms with Crippen LogP contribution in [0, 0.1) is 0 Å². The van der Waals surface area contributed by atoms with Gasteiger partial charge in [0.1, 0.15) is 12.1 Å². The normalized spacial score (nSPS) is 14.7. The molecule has 0 amide bonds. The van der Waals surface area contributed by atoms with Gasteiger partial charge in [-0.25, -0.2) is 9.97 Å². The van der Waals surface area contributed by atoms with Crippen LogP contribution in [0.2, 0.25) is 0 Å². The van der Waals surface area contributed by atoms with Gasteiger partial charge >= 0.3 is 0 Å². The van der Waals surface area contributed by atoms with Gasteiger partial charge in [0.15, 0.2) is 0 Å². The highest BCUT2D eigenvalue weighted by Gasteiger charge is 2.21. The monoisotopic (exact) mass is 237 g/mol. The van der Waals surface area contributed by atoms with E-state index >= 15 is 0 Å². The molecule has 96 valence electrons. The molecule has 0 aliphatic carbocycles. The van der Waals surface area contributed by atoms with Gasteiger partial charge in [0.25, 0.3) is 0 Å². The van der Waals surface area contributed by atoms with E-state index in [1.54, 1.807) is 6.33 Å². The number of rotatable bonds is 6. The van der Waals surface area contributed by atoms with E-state index in [-0.39, 0.29) is 12.1 Å². The van der Waals surface area contributed by atoms with Crippen molar-refractivity contribution >= 4 is 5.82 Å². The summed E-state index contributed by atoms with van der Waals surface area (Å²) >= 11 is 0. The van der Waals surface area contributed by atoms with Crippen molar-refractivity contribution in [2.24, 2.45) is 0 Å². The maximum absolute atomic E-state index is 9.08. The Labute approximate surface area is 103 Å². The average Bonchev–Trinajstić information content (AvgIpc) is 2.29. The van der Waals surface area contributed by atoms with Crippen molar-refractivity contribution in [2.45, 2.75) is 52.0 Å². The molecule has 1 rings (SSSR count). The lowest BCUT2D eigenvalue weighted by atomic mass is 9.95. The molecule has 2 N–H and O–H groups in total. The summed E-state index contributed by atoms with van der Waals surface area (Å²) in [4.78, 5) is 8.47. The third-order valence-electron chi connectivity index (χ3n) is 3.15. The Kier molecular flexibility index (Phi) is 4.87. The Morgan fingerprint density at radius 2 is 2.12 bits per heavy atom. The lowest BCUT2D eigenvalue weighted by molar-refractivity contribution is 0.252. The Hall–Kier alpha value is -1.16. The smallest absolute Gasteiger partial charge is 0.130 e. The molecule has 0 radical (unpaired) electrons. The second kappa shape index (κ2) is 5.96. The Morgan fingerprint density at radius 1 is 1.41 bits per heavy atom. The van der Waals surface area contributed by atoms with Crippen molar-refractivity contribution in [3.8, 4) is 0 Å². The number of aliphatic hydroxyl groups is 1. The van der Waals surface area contributed by atoms with E-state index in [9.17, 15) is 0 Å². The van der Waals surface area contributed by atoms with Gasteiger partial charge < -0.3 is 10.4 Å². The molecule has 0 saturated heterocycles. The molecule has 0 spiro atoms. The highest BCUT2D eigenvalue weighted by Crippen LogP contribution is 2.21. The zero-order chi connectivity index (χ0) is 12.9. The minimum atomic E-state index is -0.114. The first kappa shape index (κ1) is 13.9. The van der Waals surface area contributed by atoms with Crippen molar-refractivity contribution in [1.29, 1.82) is 0 Å². The fourth-order valence-electron chi connectivity index (χ4n) is 1.64. The van der Waals surface area contributed by atoms with Crippen LogP contribution in [0.15, 0.2) is 12.4 Å². The molecule has 1 atom stereocenters. The fraction of sp³-hybridized carbons (Fsp3) is 0.692. The summed E-state index contributed by atoms with van der Waals surface area (Å²) in [6.45, 7) is 8.60. The van der Waals surface area contributed by atoms with Crippen molar-refractivity contribution in [3.05, 3.63) is 18.1 Å². The minimum absolute atomic E-state index is 0.114. The maximum Gasteiger partial charge on any atom is 0.130 e. The topological polar surface area (TPSA) is 58.0 Å². The van der Waals surface area contributed by atoms with E-state index in [2.05, 4.69) is 43.0 Å². The van der Waals surface area contributed by atoms with Gasteiger partial charge in [-0.2, -0.15) is 0 Å². The van der Waals surface area contributed by atoms with Crippen molar-refractivity contribution < 1.29 is 5.11 Å². The number of nitrogens with one attached hydrogen (secondary N) is 1. The van der Waals surface area contributed by atoms with Gasteiger partial charge in [0.05, 0.1) is 0 Å². The molecule has 1 aromatic rings. The molecule has 0 aromatic carbocycles. The maximum atomic E-state index is 9.08. The van der Waals surface area contributed by atoms with Gasteiger partial charge in [-0.3, -0.25) is 0 Å². The Morgan fingerprint density at radius 3 is 2.65 bits per heavy atom. The molecule has 4 nitrogen and oxygen atoms in total. The SMILES string of the molecule is CCC(C)(CCO)Nc1cc(C(C)C)ncn1. The van der Waals surface area contributed by atoms with Crippen LogP contribution in [-0.2, 0) is 0 Å². The zero-order valence-corrected chi connectivity index (χ0v) is 11.2. The molecular weight excluding hydrogens is 214 g/mol. The second-order valence-electron chi connectivity index (χ2n) is 5.00. The first-order valence-corrected chi connectivity index (χ1v) is 6.21. The Balaban J connectivity index is 2.82. The van der Waals surface area contributed by atoms with E-state index in [1.165, 1.54) is 0 Å². The predicted molar refractivity (Wildman–Crippen MR) is 70.1 cm³/mol. The highest BCUT2D eigenvalue weighted by atomic mass is 16.3. The highest BCUT2D eigenvalue weighted by molar-refractivity contribution is 5.38. The third-order valence-corrected chi connectivity index (χ3v) is 3.15. The first-order valence-electron chi connectivity index (χ1n) is 6.21. The average molecular weight is 237 g/mol. The van der Waals surface area contributed by atoms with E-state index in [1.807, 2.05) is 6.07 Å². The first-order chi connectivity index (χ1) is 8.00. The van der Waals surface area contributed by atoms with Crippen LogP contribution in [0.25, 0.3) is 0 Å². The third kappa shape index (κ3) is 3.97. The number of aromatic nitrogens is 2. The van der Waals surface area contributed by atoms with Crippen LogP contribution in [0.1, 0.15) is 52.1 Å². The summed E-state index contributed by atoms with van der Waals surface area (Å²) in [5, 5.41) is 12.5. The van der Waals surface area contributed by atoms with Crippen molar-refractivity contribution in [3.63, 3.8) is 0 Å². The lowest BCUT2D eigenvalue weighted by Crippen LogP contribution is -2.35. The molecule has 1 aromatic heterocycles. The number of nitrogens with zero attached hydrogens (tertiary/aromatic N) is 2. The van der Waals surface area contributed by atoms with Crippen LogP contribution in [0.4, 0.5) is 5.82 Å². The van der Waals surface area contributed by atoms with E-state index < -0.39 is 0 Å². The molecular formula is C13H23N3O. The van der Waals surface area contributed by atoms with Crippen molar-refractivity contribution in [1.82, 2.24) is 9.97 Å². The van der Waals surface area contributed by atoms with Crippen molar-refractivity contribution in [2.75, 3.05) is 11.9 Å². The summed E-state index contributed by atoms with van der Waals surface area (Å²) in [5.74, 6) is 1.23. The van der Waals surface area contributed by atoms with Gasteiger partial charge in [-0.1, -0.05) is 20.8 Å². The molecule has 0 saturated carbocycles. The lowest BCUT2D eigenvalue weighted by Gasteiger charge is -2.29. The molecule has 0 fully saturated rings. The summed E-state index contributed by atoms with van der Waals surface area (Å²) in [6, 6.07) is 1.98. The van der Waals surface area contributed by atoms with E-state index in [0.29, 0.717) is 12.3 Å².